The Morgan fingerprint density at radius 2 is 1.72 bits per heavy atom. The van der Waals surface area contributed by atoms with Gasteiger partial charge in [0.25, 0.3) is 0 Å². The van der Waals surface area contributed by atoms with E-state index in [9.17, 15) is 9.59 Å². The highest BCUT2D eigenvalue weighted by atomic mass is 32.1. The minimum atomic E-state index is -0.522. The Morgan fingerprint density at radius 1 is 1.09 bits per heavy atom. The fourth-order valence-corrected chi connectivity index (χ4v) is 5.25. The number of anilines is 1. The number of nitrogens with zero attached hydrogens (tertiary/aromatic N) is 4. The lowest BCUT2D eigenvalue weighted by Crippen LogP contribution is -2.49. The van der Waals surface area contributed by atoms with Crippen molar-refractivity contribution in [2.45, 2.75) is 27.3 Å². The Balaban J connectivity index is 1.67. The monoisotopic (exact) mass is 479 g/mol. The van der Waals surface area contributed by atoms with E-state index in [2.05, 4.69) is 27.1 Å². The molecule has 174 valence electrons. The van der Waals surface area contributed by atoms with Gasteiger partial charge in [0.2, 0.25) is 0 Å². The first-order valence-electron chi connectivity index (χ1n) is 10.2. The van der Waals surface area contributed by atoms with Gasteiger partial charge < -0.3 is 19.7 Å². The zero-order chi connectivity index (χ0) is 23.6. The minimum absolute atomic E-state index is 0.307. The van der Waals surface area contributed by atoms with Crippen LogP contribution in [-0.4, -0.2) is 77.0 Å². The van der Waals surface area contributed by atoms with Crippen molar-refractivity contribution in [3.05, 3.63) is 33.0 Å². The number of piperazine rings is 1. The zero-order valence-corrected chi connectivity index (χ0v) is 20.9. The topological polar surface area (TPSA) is 88.9 Å². The van der Waals surface area contributed by atoms with Crippen LogP contribution in [0.5, 0.6) is 0 Å². The number of aryl methyl sites for hydroxylation is 2. The minimum Gasteiger partial charge on any atom is -0.465 e. The van der Waals surface area contributed by atoms with Crippen LogP contribution in [-0.2, 0) is 23.1 Å². The van der Waals surface area contributed by atoms with Crippen LogP contribution in [0.2, 0.25) is 0 Å². The zero-order valence-electron chi connectivity index (χ0n) is 19.3. The second-order valence-corrected chi connectivity index (χ2v) is 9.12. The van der Waals surface area contributed by atoms with Crippen LogP contribution < -0.4 is 5.32 Å². The number of nitrogens with one attached hydrogen (secondary N) is 1. The molecule has 0 spiro atoms. The van der Waals surface area contributed by atoms with E-state index in [-0.39, 0.29) is 0 Å². The summed E-state index contributed by atoms with van der Waals surface area (Å²) >= 11 is 6.76. The molecule has 0 aromatic carbocycles. The lowest BCUT2D eigenvalue weighted by Gasteiger charge is -2.36. The molecule has 3 heterocycles. The van der Waals surface area contributed by atoms with Gasteiger partial charge in [-0.25, -0.2) is 9.59 Å². The second-order valence-electron chi connectivity index (χ2n) is 7.71. The Labute approximate surface area is 197 Å². The largest absolute Gasteiger partial charge is 0.465 e. The predicted molar refractivity (Wildman–Crippen MR) is 127 cm³/mol. The molecule has 0 aliphatic carbocycles. The molecule has 11 heteroatoms. The van der Waals surface area contributed by atoms with Gasteiger partial charge in [0, 0.05) is 51.0 Å². The molecule has 2 aromatic rings. The average Bonchev–Trinajstić information content (AvgIpc) is 3.23. The SMILES string of the molecule is COC(=O)c1sc(NC(=S)N2CCN(Cc3c(C)nn(C)c3C)CC2)c(C(=O)OC)c1C. The molecule has 1 fully saturated rings. The maximum Gasteiger partial charge on any atom is 0.348 e. The fourth-order valence-electron chi connectivity index (χ4n) is 3.79. The number of carbonyl (C=O) groups excluding carboxylic acids is 2. The standard InChI is InChI=1S/C21H29N5O4S2/c1-12-16(19(27)29-5)18(32-17(12)20(28)30-6)22-21(31)26-9-7-25(8-10-26)11-15-13(2)23-24(4)14(15)3/h7-11H2,1-6H3,(H,22,31). The molecule has 1 saturated heterocycles. The summed E-state index contributed by atoms with van der Waals surface area (Å²) < 4.78 is 11.7. The van der Waals surface area contributed by atoms with Gasteiger partial charge in [-0.3, -0.25) is 9.58 Å². The molecule has 0 bridgehead atoms. The van der Waals surface area contributed by atoms with E-state index >= 15 is 0 Å². The molecule has 0 saturated carbocycles. The van der Waals surface area contributed by atoms with E-state index in [0.717, 1.165) is 49.8 Å². The summed E-state index contributed by atoms with van der Waals surface area (Å²) in [5, 5.41) is 8.66. The van der Waals surface area contributed by atoms with Crippen molar-refractivity contribution >= 4 is 45.6 Å². The summed E-state index contributed by atoms with van der Waals surface area (Å²) in [4.78, 5) is 29.2. The smallest absolute Gasteiger partial charge is 0.348 e. The van der Waals surface area contributed by atoms with Crippen molar-refractivity contribution in [2.24, 2.45) is 7.05 Å². The van der Waals surface area contributed by atoms with Gasteiger partial charge in [0.15, 0.2) is 5.11 Å². The number of hydrogen-bond acceptors (Lipinski definition) is 8. The van der Waals surface area contributed by atoms with Gasteiger partial charge in [-0.2, -0.15) is 5.10 Å². The molecular weight excluding hydrogens is 450 g/mol. The van der Waals surface area contributed by atoms with Crippen molar-refractivity contribution in [1.29, 1.82) is 0 Å². The molecule has 0 amide bonds. The van der Waals surface area contributed by atoms with Crippen molar-refractivity contribution in [2.75, 3.05) is 45.7 Å². The van der Waals surface area contributed by atoms with E-state index in [4.69, 9.17) is 21.7 Å². The molecule has 9 nitrogen and oxygen atoms in total. The third-order valence-electron chi connectivity index (χ3n) is 5.83. The van der Waals surface area contributed by atoms with Crippen LogP contribution in [0.1, 0.15) is 42.5 Å². The lowest BCUT2D eigenvalue weighted by atomic mass is 10.1. The molecule has 3 rings (SSSR count). The van der Waals surface area contributed by atoms with Crippen LogP contribution in [0.25, 0.3) is 0 Å². The first kappa shape index (κ1) is 24.1. The Morgan fingerprint density at radius 3 is 2.25 bits per heavy atom. The molecule has 0 unspecified atom stereocenters. The summed E-state index contributed by atoms with van der Waals surface area (Å²) in [7, 11) is 4.59. The maximum atomic E-state index is 12.3. The second kappa shape index (κ2) is 9.97. The Bertz CT molecular complexity index is 1040. The highest BCUT2D eigenvalue weighted by Gasteiger charge is 2.28. The first-order chi connectivity index (χ1) is 15.2. The van der Waals surface area contributed by atoms with Gasteiger partial charge in [0.05, 0.1) is 25.5 Å². The normalized spacial score (nSPS) is 14.4. The third kappa shape index (κ3) is 4.79. The number of thiophene rings is 1. The summed E-state index contributed by atoms with van der Waals surface area (Å²) in [5.41, 5.74) is 4.35. The summed E-state index contributed by atoms with van der Waals surface area (Å²) in [6.45, 7) is 9.92. The van der Waals surface area contributed by atoms with Crippen LogP contribution in [0.3, 0.4) is 0 Å². The summed E-state index contributed by atoms with van der Waals surface area (Å²) in [6.07, 6.45) is 0. The molecule has 0 radical (unpaired) electrons. The fraction of sp³-hybridized carbons (Fsp3) is 0.524. The van der Waals surface area contributed by atoms with Crippen molar-refractivity contribution < 1.29 is 19.1 Å². The number of hydrogen-bond donors (Lipinski definition) is 1. The number of aromatic nitrogens is 2. The average molecular weight is 480 g/mol. The van der Waals surface area contributed by atoms with Crippen LogP contribution in [0.4, 0.5) is 5.00 Å². The summed E-state index contributed by atoms with van der Waals surface area (Å²) in [6, 6.07) is 0. The molecule has 1 aliphatic heterocycles. The van der Waals surface area contributed by atoms with Crippen molar-refractivity contribution in [3.8, 4) is 0 Å². The highest BCUT2D eigenvalue weighted by Crippen LogP contribution is 2.34. The number of carbonyl (C=O) groups is 2. The van der Waals surface area contributed by atoms with E-state index in [1.54, 1.807) is 6.92 Å². The molecular formula is C21H29N5O4S2. The van der Waals surface area contributed by atoms with E-state index in [1.165, 1.54) is 25.5 Å². The maximum absolute atomic E-state index is 12.3. The third-order valence-corrected chi connectivity index (χ3v) is 7.38. The van der Waals surface area contributed by atoms with Crippen molar-refractivity contribution in [1.82, 2.24) is 19.6 Å². The van der Waals surface area contributed by atoms with Crippen LogP contribution >= 0.6 is 23.6 Å². The van der Waals surface area contributed by atoms with E-state index in [0.29, 0.717) is 26.1 Å². The number of esters is 2. The molecule has 0 atom stereocenters. The lowest BCUT2D eigenvalue weighted by molar-refractivity contribution is 0.0601. The molecule has 1 N–H and O–H groups in total. The van der Waals surface area contributed by atoms with E-state index in [1.807, 2.05) is 18.7 Å². The summed E-state index contributed by atoms with van der Waals surface area (Å²) in [5.74, 6) is -1.02. The Kier molecular flexibility index (Phi) is 7.52. The quantitative estimate of drug-likeness (QED) is 0.513. The van der Waals surface area contributed by atoms with Gasteiger partial charge in [-0.1, -0.05) is 0 Å². The number of methoxy groups -OCH3 is 2. The molecule has 2 aromatic heterocycles. The van der Waals surface area contributed by atoms with Gasteiger partial charge in [-0.15, -0.1) is 11.3 Å². The van der Waals surface area contributed by atoms with Crippen molar-refractivity contribution in [3.63, 3.8) is 0 Å². The van der Waals surface area contributed by atoms with Gasteiger partial charge in [0.1, 0.15) is 9.88 Å². The van der Waals surface area contributed by atoms with Crippen LogP contribution in [0.15, 0.2) is 0 Å². The van der Waals surface area contributed by atoms with Crippen LogP contribution in [0, 0.1) is 20.8 Å². The molecule has 32 heavy (non-hydrogen) atoms. The number of rotatable bonds is 5. The predicted octanol–water partition coefficient (Wildman–Crippen LogP) is 2.49. The Hall–Kier alpha value is -2.50. The number of thiocarbonyl (C=S) groups is 1. The van der Waals surface area contributed by atoms with E-state index < -0.39 is 11.9 Å². The molecule has 1 aliphatic rings. The highest BCUT2D eigenvalue weighted by molar-refractivity contribution is 7.80. The van der Waals surface area contributed by atoms with Gasteiger partial charge >= 0.3 is 11.9 Å². The number of ether oxygens (including phenoxy) is 2. The first-order valence-corrected chi connectivity index (χ1v) is 11.5. The van der Waals surface area contributed by atoms with Gasteiger partial charge in [-0.05, 0) is 38.6 Å².